The van der Waals surface area contributed by atoms with Gasteiger partial charge in [-0.1, -0.05) is 12.1 Å². The summed E-state index contributed by atoms with van der Waals surface area (Å²) in [5.74, 6) is 0.348. The molecule has 114 valence electrons. The molecule has 0 spiro atoms. The van der Waals surface area contributed by atoms with E-state index in [1.54, 1.807) is 35.0 Å². The molecule has 0 saturated carbocycles. The summed E-state index contributed by atoms with van der Waals surface area (Å²) >= 11 is 0. The van der Waals surface area contributed by atoms with Gasteiger partial charge >= 0.3 is 0 Å². The summed E-state index contributed by atoms with van der Waals surface area (Å²) < 4.78 is 7.13. The Morgan fingerprint density at radius 1 is 1.27 bits per heavy atom. The first kappa shape index (κ1) is 15.8. The Hall–Kier alpha value is -2.58. The van der Waals surface area contributed by atoms with E-state index in [1.165, 1.54) is 0 Å². The molecule has 0 aliphatic carbocycles. The van der Waals surface area contributed by atoms with Crippen molar-refractivity contribution in [1.82, 2.24) is 9.47 Å². The number of hydrogen-bond acceptors (Lipinski definition) is 4. The lowest BCUT2D eigenvalue weighted by molar-refractivity contribution is 0.257. The van der Waals surface area contributed by atoms with Crippen LogP contribution in [0.3, 0.4) is 0 Å². The van der Waals surface area contributed by atoms with Crippen LogP contribution in [-0.2, 0) is 6.54 Å². The standard InChI is InChI=1S/C17H19N3O2/c1-19(2)9-10-22-16-7-4-8-20(17(16)21)13-15-6-3-5-14(11-15)12-18/h3-8,11H,9-10,13H2,1-2H3. The van der Waals surface area contributed by atoms with E-state index < -0.39 is 0 Å². The number of benzene rings is 1. The third-order valence-electron chi connectivity index (χ3n) is 3.19. The van der Waals surface area contributed by atoms with Gasteiger partial charge in [0.25, 0.3) is 5.56 Å². The van der Waals surface area contributed by atoms with Gasteiger partial charge in [0.1, 0.15) is 6.61 Å². The largest absolute Gasteiger partial charge is 0.487 e. The molecule has 0 bridgehead atoms. The van der Waals surface area contributed by atoms with Crippen LogP contribution in [0.1, 0.15) is 11.1 Å². The molecule has 0 atom stereocenters. The molecular formula is C17H19N3O2. The lowest BCUT2D eigenvalue weighted by Crippen LogP contribution is -2.25. The van der Waals surface area contributed by atoms with Gasteiger partial charge in [-0.2, -0.15) is 5.26 Å². The predicted octanol–water partition coefficient (Wildman–Crippen LogP) is 1.71. The number of nitriles is 1. The molecule has 2 rings (SSSR count). The minimum Gasteiger partial charge on any atom is -0.487 e. The van der Waals surface area contributed by atoms with Crippen molar-refractivity contribution in [2.75, 3.05) is 27.2 Å². The van der Waals surface area contributed by atoms with Crippen molar-refractivity contribution in [3.8, 4) is 11.8 Å². The molecule has 0 unspecified atom stereocenters. The number of rotatable bonds is 6. The van der Waals surface area contributed by atoms with Crippen LogP contribution >= 0.6 is 0 Å². The lowest BCUT2D eigenvalue weighted by atomic mass is 10.1. The zero-order valence-corrected chi connectivity index (χ0v) is 12.8. The van der Waals surface area contributed by atoms with Gasteiger partial charge in [-0.05, 0) is 43.9 Å². The van der Waals surface area contributed by atoms with Crippen molar-refractivity contribution in [3.05, 3.63) is 64.1 Å². The van der Waals surface area contributed by atoms with Gasteiger partial charge in [0.2, 0.25) is 0 Å². The lowest BCUT2D eigenvalue weighted by Gasteiger charge is -2.12. The van der Waals surface area contributed by atoms with E-state index >= 15 is 0 Å². The number of ether oxygens (including phenoxy) is 1. The molecule has 0 fully saturated rings. The van der Waals surface area contributed by atoms with E-state index in [2.05, 4.69) is 6.07 Å². The summed E-state index contributed by atoms with van der Waals surface area (Å²) in [4.78, 5) is 14.4. The minimum absolute atomic E-state index is 0.163. The Bertz CT molecular complexity index is 729. The monoisotopic (exact) mass is 297 g/mol. The van der Waals surface area contributed by atoms with Crippen molar-refractivity contribution >= 4 is 0 Å². The number of aromatic nitrogens is 1. The third kappa shape index (κ3) is 4.21. The van der Waals surface area contributed by atoms with Gasteiger partial charge in [-0.3, -0.25) is 4.79 Å². The van der Waals surface area contributed by atoms with E-state index in [9.17, 15) is 4.79 Å². The average Bonchev–Trinajstić information content (AvgIpc) is 2.51. The maximum absolute atomic E-state index is 12.4. The Morgan fingerprint density at radius 3 is 2.82 bits per heavy atom. The fraction of sp³-hybridized carbons (Fsp3) is 0.294. The fourth-order valence-electron chi connectivity index (χ4n) is 2.02. The molecule has 1 aromatic heterocycles. The van der Waals surface area contributed by atoms with Crippen LogP contribution in [0.2, 0.25) is 0 Å². The molecule has 5 nitrogen and oxygen atoms in total. The molecule has 1 aromatic carbocycles. The Labute approximate surface area is 130 Å². The van der Waals surface area contributed by atoms with Crippen LogP contribution in [0.25, 0.3) is 0 Å². The van der Waals surface area contributed by atoms with Gasteiger partial charge in [0.05, 0.1) is 18.2 Å². The zero-order chi connectivity index (χ0) is 15.9. The van der Waals surface area contributed by atoms with Crippen LogP contribution in [0.15, 0.2) is 47.4 Å². The second kappa shape index (κ2) is 7.43. The van der Waals surface area contributed by atoms with Gasteiger partial charge in [0, 0.05) is 12.7 Å². The molecule has 0 N–H and O–H groups in total. The van der Waals surface area contributed by atoms with Crippen molar-refractivity contribution in [1.29, 1.82) is 5.26 Å². The van der Waals surface area contributed by atoms with E-state index in [1.807, 2.05) is 31.1 Å². The second-order valence-corrected chi connectivity index (χ2v) is 5.27. The SMILES string of the molecule is CN(C)CCOc1cccn(Cc2cccc(C#N)c2)c1=O. The summed E-state index contributed by atoms with van der Waals surface area (Å²) in [6, 6.07) is 12.8. The summed E-state index contributed by atoms with van der Waals surface area (Å²) in [5, 5.41) is 8.93. The third-order valence-corrected chi connectivity index (χ3v) is 3.19. The maximum atomic E-state index is 12.4. The molecule has 2 aromatic rings. The van der Waals surface area contributed by atoms with Crippen LogP contribution in [0, 0.1) is 11.3 Å². The Kier molecular flexibility index (Phi) is 5.34. The van der Waals surface area contributed by atoms with Crippen LogP contribution in [0.4, 0.5) is 0 Å². The minimum atomic E-state index is -0.163. The van der Waals surface area contributed by atoms with Crippen molar-refractivity contribution < 1.29 is 4.74 Å². The Morgan fingerprint density at radius 2 is 2.09 bits per heavy atom. The quantitative estimate of drug-likeness (QED) is 0.814. The molecule has 0 saturated heterocycles. The fourth-order valence-corrected chi connectivity index (χ4v) is 2.02. The molecule has 0 aliphatic rings. The number of likely N-dealkylation sites (N-methyl/N-ethyl adjacent to an activating group) is 1. The van der Waals surface area contributed by atoms with E-state index in [-0.39, 0.29) is 5.56 Å². The van der Waals surface area contributed by atoms with Crippen LogP contribution in [0.5, 0.6) is 5.75 Å². The second-order valence-electron chi connectivity index (χ2n) is 5.27. The van der Waals surface area contributed by atoms with Gasteiger partial charge < -0.3 is 14.2 Å². The highest BCUT2D eigenvalue weighted by Gasteiger charge is 2.05. The highest BCUT2D eigenvalue weighted by Crippen LogP contribution is 2.07. The maximum Gasteiger partial charge on any atom is 0.293 e. The van der Waals surface area contributed by atoms with Gasteiger partial charge in [0.15, 0.2) is 5.75 Å². The topological polar surface area (TPSA) is 58.3 Å². The number of pyridine rings is 1. The predicted molar refractivity (Wildman–Crippen MR) is 85.0 cm³/mol. The van der Waals surface area contributed by atoms with Crippen molar-refractivity contribution in [2.24, 2.45) is 0 Å². The highest BCUT2D eigenvalue weighted by atomic mass is 16.5. The zero-order valence-electron chi connectivity index (χ0n) is 12.8. The first-order valence-corrected chi connectivity index (χ1v) is 7.06. The summed E-state index contributed by atoms with van der Waals surface area (Å²) in [7, 11) is 3.91. The van der Waals surface area contributed by atoms with Crippen molar-refractivity contribution in [2.45, 2.75) is 6.54 Å². The smallest absolute Gasteiger partial charge is 0.293 e. The molecular weight excluding hydrogens is 278 g/mol. The molecule has 1 heterocycles. The average molecular weight is 297 g/mol. The molecule has 0 aliphatic heterocycles. The van der Waals surface area contributed by atoms with Crippen LogP contribution in [-0.4, -0.2) is 36.7 Å². The number of hydrogen-bond donors (Lipinski definition) is 0. The Balaban J connectivity index is 2.15. The van der Waals surface area contributed by atoms with E-state index in [0.29, 0.717) is 24.5 Å². The first-order chi connectivity index (χ1) is 10.6. The summed E-state index contributed by atoms with van der Waals surface area (Å²) in [6.07, 6.45) is 1.72. The van der Waals surface area contributed by atoms with Crippen molar-refractivity contribution in [3.63, 3.8) is 0 Å². The molecule has 22 heavy (non-hydrogen) atoms. The van der Waals surface area contributed by atoms with E-state index in [0.717, 1.165) is 12.1 Å². The molecule has 0 amide bonds. The summed E-state index contributed by atoms with van der Waals surface area (Å²) in [6.45, 7) is 1.63. The van der Waals surface area contributed by atoms with Gasteiger partial charge in [-0.25, -0.2) is 0 Å². The molecule has 0 radical (unpaired) electrons. The van der Waals surface area contributed by atoms with E-state index in [4.69, 9.17) is 10.00 Å². The molecule has 5 heteroatoms. The first-order valence-electron chi connectivity index (χ1n) is 7.06. The summed E-state index contributed by atoms with van der Waals surface area (Å²) in [5.41, 5.74) is 1.33. The van der Waals surface area contributed by atoms with Crippen LogP contribution < -0.4 is 10.3 Å². The highest BCUT2D eigenvalue weighted by molar-refractivity contribution is 5.33. The van der Waals surface area contributed by atoms with Gasteiger partial charge in [-0.15, -0.1) is 0 Å². The number of nitrogens with zero attached hydrogens (tertiary/aromatic N) is 3. The normalized spacial score (nSPS) is 10.5.